The van der Waals surface area contributed by atoms with Crippen LogP contribution in [-0.4, -0.2) is 25.3 Å². The molecule has 0 aliphatic carbocycles. The summed E-state index contributed by atoms with van der Waals surface area (Å²) in [6.07, 6.45) is 12.3. The van der Waals surface area contributed by atoms with Crippen molar-refractivity contribution in [2.45, 2.75) is 97.6 Å². The van der Waals surface area contributed by atoms with Crippen LogP contribution < -0.4 is 5.32 Å². The Balaban J connectivity index is 3.90. The van der Waals surface area contributed by atoms with Crippen molar-refractivity contribution in [2.24, 2.45) is 0 Å². The van der Waals surface area contributed by atoms with Crippen LogP contribution in [0, 0.1) is 0 Å². The van der Waals surface area contributed by atoms with Gasteiger partial charge in [-0.2, -0.15) is 0 Å². The lowest BCUT2D eigenvalue weighted by molar-refractivity contribution is 0.0290. The molecule has 0 bridgehead atoms. The zero-order valence-electron chi connectivity index (χ0n) is 13.8. The van der Waals surface area contributed by atoms with Gasteiger partial charge in [0, 0.05) is 12.6 Å². The van der Waals surface area contributed by atoms with Crippen molar-refractivity contribution in [1.82, 2.24) is 5.32 Å². The van der Waals surface area contributed by atoms with E-state index < -0.39 is 0 Å². The van der Waals surface area contributed by atoms with Crippen molar-refractivity contribution in [3.05, 3.63) is 0 Å². The summed E-state index contributed by atoms with van der Waals surface area (Å²) in [5, 5.41) is 3.68. The van der Waals surface area contributed by atoms with Crippen molar-refractivity contribution in [1.29, 1.82) is 0 Å². The molecule has 19 heavy (non-hydrogen) atoms. The number of nitrogens with one attached hydrogen (secondary N) is 1. The van der Waals surface area contributed by atoms with Crippen LogP contribution in [-0.2, 0) is 4.74 Å². The third-order valence-corrected chi connectivity index (χ3v) is 3.76. The Bertz CT molecular complexity index is 173. The first-order valence-electron chi connectivity index (χ1n) is 8.64. The summed E-state index contributed by atoms with van der Waals surface area (Å²) in [7, 11) is 0. The van der Waals surface area contributed by atoms with Crippen molar-refractivity contribution in [3.8, 4) is 0 Å². The van der Waals surface area contributed by atoms with Gasteiger partial charge in [-0.15, -0.1) is 0 Å². The Labute approximate surface area is 121 Å². The van der Waals surface area contributed by atoms with E-state index in [0.29, 0.717) is 12.1 Å². The molecule has 0 aromatic carbocycles. The Morgan fingerprint density at radius 2 is 1.53 bits per heavy atom. The van der Waals surface area contributed by atoms with E-state index >= 15 is 0 Å². The van der Waals surface area contributed by atoms with Gasteiger partial charge in [-0.25, -0.2) is 0 Å². The molecule has 2 unspecified atom stereocenters. The molecule has 2 atom stereocenters. The molecule has 0 rings (SSSR count). The molecule has 0 aliphatic rings. The van der Waals surface area contributed by atoms with Gasteiger partial charge in [0.15, 0.2) is 0 Å². The molecule has 0 aromatic rings. The summed E-state index contributed by atoms with van der Waals surface area (Å²) in [6, 6.07) is 0.552. The summed E-state index contributed by atoms with van der Waals surface area (Å²) in [4.78, 5) is 0. The van der Waals surface area contributed by atoms with Crippen molar-refractivity contribution in [2.75, 3.05) is 13.2 Å². The fourth-order valence-corrected chi connectivity index (χ4v) is 2.63. The maximum atomic E-state index is 5.88. The average molecular weight is 271 g/mol. The van der Waals surface area contributed by atoms with Gasteiger partial charge in [0.1, 0.15) is 0 Å². The molecule has 0 aromatic heterocycles. The standard InChI is InChI=1S/C17H37NO/c1-5-9-10-11-12-13-14-16(18-15-6-2)17(7-3)19-8-4/h16-18H,5-15H2,1-4H3. The highest BCUT2D eigenvalue weighted by atomic mass is 16.5. The number of rotatable bonds is 14. The average Bonchev–Trinajstić information content (AvgIpc) is 2.43. The minimum Gasteiger partial charge on any atom is -0.377 e. The smallest absolute Gasteiger partial charge is 0.0725 e. The highest BCUT2D eigenvalue weighted by molar-refractivity contribution is 4.76. The Kier molecular flexibility index (Phi) is 14.3. The first-order chi connectivity index (χ1) is 9.29. The fraction of sp³-hybridized carbons (Fsp3) is 1.00. The molecule has 1 N–H and O–H groups in total. The number of hydrogen-bond acceptors (Lipinski definition) is 2. The van der Waals surface area contributed by atoms with E-state index in [9.17, 15) is 0 Å². The summed E-state index contributed by atoms with van der Waals surface area (Å²) in [5.74, 6) is 0. The molecule has 0 saturated heterocycles. The van der Waals surface area contributed by atoms with Crippen LogP contribution in [0.15, 0.2) is 0 Å². The Morgan fingerprint density at radius 3 is 2.11 bits per heavy atom. The zero-order chi connectivity index (χ0) is 14.3. The molecule has 2 nitrogen and oxygen atoms in total. The normalized spacial score (nSPS) is 14.5. The molecule has 2 heteroatoms. The molecule has 0 saturated carbocycles. The maximum Gasteiger partial charge on any atom is 0.0725 e. The van der Waals surface area contributed by atoms with Gasteiger partial charge in [-0.05, 0) is 32.7 Å². The largest absolute Gasteiger partial charge is 0.377 e. The lowest BCUT2D eigenvalue weighted by atomic mass is 10.00. The monoisotopic (exact) mass is 271 g/mol. The Hall–Kier alpha value is -0.0800. The summed E-state index contributed by atoms with van der Waals surface area (Å²) in [6.45, 7) is 10.8. The quantitative estimate of drug-likeness (QED) is 0.453. The third-order valence-electron chi connectivity index (χ3n) is 3.76. The summed E-state index contributed by atoms with van der Waals surface area (Å²) in [5.41, 5.74) is 0. The van der Waals surface area contributed by atoms with Gasteiger partial charge >= 0.3 is 0 Å². The van der Waals surface area contributed by atoms with Crippen LogP contribution >= 0.6 is 0 Å². The van der Waals surface area contributed by atoms with E-state index in [-0.39, 0.29) is 0 Å². The minimum atomic E-state index is 0.396. The molecule has 0 fully saturated rings. The van der Waals surface area contributed by atoms with Crippen LogP contribution in [0.2, 0.25) is 0 Å². The van der Waals surface area contributed by atoms with Gasteiger partial charge < -0.3 is 10.1 Å². The third kappa shape index (κ3) is 10.4. The SMILES string of the molecule is CCCCCCCCC(NCCC)C(CC)OCC. The van der Waals surface area contributed by atoms with Crippen molar-refractivity contribution in [3.63, 3.8) is 0 Å². The molecule has 0 heterocycles. The van der Waals surface area contributed by atoms with Crippen LogP contribution in [0.5, 0.6) is 0 Å². The van der Waals surface area contributed by atoms with E-state index in [2.05, 4.69) is 33.0 Å². The van der Waals surface area contributed by atoms with Crippen LogP contribution in [0.25, 0.3) is 0 Å². The predicted molar refractivity (Wildman–Crippen MR) is 85.8 cm³/mol. The van der Waals surface area contributed by atoms with Crippen LogP contribution in [0.4, 0.5) is 0 Å². The van der Waals surface area contributed by atoms with Gasteiger partial charge in [0.2, 0.25) is 0 Å². The van der Waals surface area contributed by atoms with E-state index in [0.717, 1.165) is 19.6 Å². The number of ether oxygens (including phenoxy) is 1. The first kappa shape index (κ1) is 18.9. The van der Waals surface area contributed by atoms with Crippen molar-refractivity contribution >= 4 is 0 Å². The second-order valence-corrected chi connectivity index (χ2v) is 5.52. The minimum absolute atomic E-state index is 0.396. The predicted octanol–water partition coefficient (Wildman–Crippen LogP) is 4.92. The second-order valence-electron chi connectivity index (χ2n) is 5.52. The maximum absolute atomic E-state index is 5.88. The lowest BCUT2D eigenvalue weighted by Crippen LogP contribution is -2.41. The van der Waals surface area contributed by atoms with Gasteiger partial charge in [-0.1, -0.05) is 59.3 Å². The van der Waals surface area contributed by atoms with Crippen LogP contribution in [0.1, 0.15) is 85.5 Å². The topological polar surface area (TPSA) is 21.3 Å². The Morgan fingerprint density at radius 1 is 0.842 bits per heavy atom. The summed E-state index contributed by atoms with van der Waals surface area (Å²) < 4.78 is 5.88. The van der Waals surface area contributed by atoms with E-state index in [1.54, 1.807) is 0 Å². The zero-order valence-corrected chi connectivity index (χ0v) is 13.8. The lowest BCUT2D eigenvalue weighted by Gasteiger charge is -2.27. The van der Waals surface area contributed by atoms with Crippen molar-refractivity contribution < 1.29 is 4.74 Å². The first-order valence-corrected chi connectivity index (χ1v) is 8.64. The molecule has 0 aliphatic heterocycles. The van der Waals surface area contributed by atoms with E-state index in [1.807, 2.05) is 0 Å². The summed E-state index contributed by atoms with van der Waals surface area (Å²) >= 11 is 0. The van der Waals surface area contributed by atoms with Gasteiger partial charge in [-0.3, -0.25) is 0 Å². The van der Waals surface area contributed by atoms with Crippen LogP contribution in [0.3, 0.4) is 0 Å². The highest BCUT2D eigenvalue weighted by Gasteiger charge is 2.18. The molecular formula is C17H37NO. The van der Waals surface area contributed by atoms with E-state index in [1.165, 1.54) is 51.4 Å². The van der Waals surface area contributed by atoms with E-state index in [4.69, 9.17) is 4.74 Å². The van der Waals surface area contributed by atoms with Gasteiger partial charge in [0.25, 0.3) is 0 Å². The fourth-order valence-electron chi connectivity index (χ4n) is 2.63. The molecule has 0 spiro atoms. The highest BCUT2D eigenvalue weighted by Crippen LogP contribution is 2.14. The molecule has 0 radical (unpaired) electrons. The molecular weight excluding hydrogens is 234 g/mol. The molecule has 116 valence electrons. The number of hydrogen-bond donors (Lipinski definition) is 1. The number of unbranched alkanes of at least 4 members (excludes halogenated alkanes) is 5. The van der Waals surface area contributed by atoms with Gasteiger partial charge in [0.05, 0.1) is 6.10 Å². The second kappa shape index (κ2) is 14.3. The molecule has 0 amide bonds.